The Balaban J connectivity index is 1.41. The molecular weight excluding hydrogens is 320 g/mol. The molecule has 0 aliphatic carbocycles. The van der Waals surface area contributed by atoms with E-state index in [-0.39, 0.29) is 17.5 Å². The summed E-state index contributed by atoms with van der Waals surface area (Å²) in [5.74, 6) is 2.51. The Bertz CT molecular complexity index is 394. The van der Waals surface area contributed by atoms with Crippen molar-refractivity contribution < 1.29 is 14.3 Å². The molecule has 24 heavy (non-hydrogen) atoms. The second-order valence-electron chi connectivity index (χ2n) is 8.83. The molecule has 0 aromatic carbocycles. The summed E-state index contributed by atoms with van der Waals surface area (Å²) in [6.07, 6.45) is 10.1. The normalized spacial score (nSPS) is 24.2. The van der Waals surface area contributed by atoms with Crippen LogP contribution in [0.5, 0.6) is 0 Å². The third-order valence-electron chi connectivity index (χ3n) is 5.79. The van der Waals surface area contributed by atoms with Gasteiger partial charge in [-0.2, -0.15) is 11.8 Å². The van der Waals surface area contributed by atoms with Crippen molar-refractivity contribution in [3.8, 4) is 0 Å². The van der Waals surface area contributed by atoms with Crippen LogP contribution in [0.25, 0.3) is 0 Å². The van der Waals surface area contributed by atoms with E-state index >= 15 is 0 Å². The molecule has 0 amide bonds. The van der Waals surface area contributed by atoms with Crippen LogP contribution in [0.4, 0.5) is 0 Å². The average molecular weight is 357 g/mol. The van der Waals surface area contributed by atoms with Crippen LogP contribution in [0, 0.1) is 10.8 Å². The predicted molar refractivity (Wildman–Crippen MR) is 101 cm³/mol. The van der Waals surface area contributed by atoms with Crippen LogP contribution in [-0.4, -0.2) is 36.3 Å². The van der Waals surface area contributed by atoms with Crippen LogP contribution in [0.1, 0.15) is 79.1 Å². The van der Waals surface area contributed by atoms with Gasteiger partial charge in [0, 0.05) is 12.0 Å². The topological polar surface area (TPSA) is 35.5 Å². The van der Waals surface area contributed by atoms with Gasteiger partial charge >= 0.3 is 5.97 Å². The maximum absolute atomic E-state index is 10.9. The number of thioether (sulfide) groups is 1. The molecule has 4 heteroatoms. The molecule has 0 saturated carbocycles. The van der Waals surface area contributed by atoms with Gasteiger partial charge in [-0.25, -0.2) is 0 Å². The van der Waals surface area contributed by atoms with E-state index in [0.717, 1.165) is 13.0 Å². The van der Waals surface area contributed by atoms with Crippen LogP contribution in [0.3, 0.4) is 0 Å². The second-order valence-corrected chi connectivity index (χ2v) is 10.1. The van der Waals surface area contributed by atoms with Gasteiger partial charge in [-0.3, -0.25) is 4.79 Å². The summed E-state index contributed by atoms with van der Waals surface area (Å²) in [6, 6.07) is 0. The number of cyclic esters (lactones) is 1. The molecule has 140 valence electrons. The van der Waals surface area contributed by atoms with Gasteiger partial charge < -0.3 is 9.47 Å². The fourth-order valence-corrected chi connectivity index (χ4v) is 4.60. The molecule has 0 spiro atoms. The summed E-state index contributed by atoms with van der Waals surface area (Å²) in [4.78, 5) is 10.9. The number of unbranched alkanes of at least 4 members (excludes halogenated alkanes) is 2. The highest BCUT2D eigenvalue weighted by atomic mass is 32.2. The summed E-state index contributed by atoms with van der Waals surface area (Å²) >= 11 is 2.09. The van der Waals surface area contributed by atoms with Crippen molar-refractivity contribution >= 4 is 17.7 Å². The van der Waals surface area contributed by atoms with Gasteiger partial charge in [0.2, 0.25) is 0 Å². The minimum absolute atomic E-state index is 0.0318. The van der Waals surface area contributed by atoms with E-state index in [1.54, 1.807) is 0 Å². The Hall–Kier alpha value is -0.220. The Morgan fingerprint density at radius 3 is 1.88 bits per heavy atom. The van der Waals surface area contributed by atoms with Crippen molar-refractivity contribution in [1.29, 1.82) is 0 Å². The average Bonchev–Trinajstić information content (AvgIpc) is 2.39. The van der Waals surface area contributed by atoms with E-state index in [4.69, 9.17) is 9.47 Å². The van der Waals surface area contributed by atoms with Gasteiger partial charge in [0.15, 0.2) is 0 Å². The van der Waals surface area contributed by atoms with E-state index in [1.807, 2.05) is 0 Å². The molecule has 2 aliphatic heterocycles. The molecule has 0 bridgehead atoms. The van der Waals surface area contributed by atoms with Gasteiger partial charge in [-0.15, -0.1) is 0 Å². The van der Waals surface area contributed by atoms with E-state index in [1.165, 1.54) is 50.0 Å². The van der Waals surface area contributed by atoms with E-state index in [2.05, 4.69) is 39.5 Å². The van der Waals surface area contributed by atoms with E-state index in [9.17, 15) is 4.79 Å². The van der Waals surface area contributed by atoms with Crippen molar-refractivity contribution in [3.05, 3.63) is 0 Å². The van der Waals surface area contributed by atoms with Crippen LogP contribution < -0.4 is 0 Å². The first-order chi connectivity index (χ1) is 11.3. The lowest BCUT2D eigenvalue weighted by Crippen LogP contribution is -2.44. The van der Waals surface area contributed by atoms with Gasteiger partial charge in [0.25, 0.3) is 0 Å². The van der Waals surface area contributed by atoms with Crippen molar-refractivity contribution in [2.24, 2.45) is 10.8 Å². The van der Waals surface area contributed by atoms with Crippen molar-refractivity contribution in [2.75, 3.05) is 18.1 Å². The number of carbonyl (C=O) groups excluding carboxylic acids is 1. The SMILES string of the molecule is CC(C)(CCCCSCCCCC(C)(C)C1CC(=O)O1)C1CCO1. The molecule has 2 heterocycles. The number of carbonyl (C=O) groups is 1. The maximum atomic E-state index is 10.9. The highest BCUT2D eigenvalue weighted by molar-refractivity contribution is 7.99. The van der Waals surface area contributed by atoms with E-state index < -0.39 is 0 Å². The predicted octanol–water partition coefficient (Wildman–Crippen LogP) is 5.22. The summed E-state index contributed by atoms with van der Waals surface area (Å²) in [5.41, 5.74) is 0.507. The molecule has 2 aliphatic rings. The molecule has 2 fully saturated rings. The summed E-state index contributed by atoms with van der Waals surface area (Å²) in [5, 5.41) is 0. The number of hydrogen-bond acceptors (Lipinski definition) is 4. The molecule has 0 radical (unpaired) electrons. The monoisotopic (exact) mass is 356 g/mol. The fourth-order valence-electron chi connectivity index (χ4n) is 3.58. The van der Waals surface area contributed by atoms with Crippen LogP contribution in [0.2, 0.25) is 0 Å². The Morgan fingerprint density at radius 2 is 1.46 bits per heavy atom. The number of hydrogen-bond donors (Lipinski definition) is 0. The summed E-state index contributed by atoms with van der Waals surface area (Å²) in [7, 11) is 0. The zero-order valence-electron chi connectivity index (χ0n) is 16.1. The summed E-state index contributed by atoms with van der Waals surface area (Å²) < 4.78 is 10.9. The standard InChI is InChI=1S/C20H36O3S/c1-19(2,16-9-12-22-16)10-5-7-13-24-14-8-6-11-20(3,4)17-15-18(21)23-17/h16-17H,5-15H2,1-4H3. The highest BCUT2D eigenvalue weighted by Gasteiger charge is 2.40. The third-order valence-corrected chi connectivity index (χ3v) is 6.94. The molecular formula is C20H36O3S. The lowest BCUT2D eigenvalue weighted by molar-refractivity contribution is -0.182. The lowest BCUT2D eigenvalue weighted by Gasteiger charge is -2.40. The lowest BCUT2D eigenvalue weighted by atomic mass is 9.78. The fraction of sp³-hybridized carbons (Fsp3) is 0.950. The zero-order chi connectivity index (χ0) is 17.6. The highest BCUT2D eigenvalue weighted by Crippen LogP contribution is 2.37. The van der Waals surface area contributed by atoms with Crippen molar-refractivity contribution in [1.82, 2.24) is 0 Å². The Labute approximate surface area is 152 Å². The quantitative estimate of drug-likeness (QED) is 0.355. The Kier molecular flexibility index (Phi) is 7.48. The largest absolute Gasteiger partial charge is 0.461 e. The molecule has 2 atom stereocenters. The second kappa shape index (κ2) is 8.93. The smallest absolute Gasteiger partial charge is 0.309 e. The third kappa shape index (κ3) is 5.94. The first kappa shape index (κ1) is 20.1. The first-order valence-electron chi connectivity index (χ1n) is 9.70. The molecule has 2 unspecified atom stereocenters. The van der Waals surface area contributed by atoms with E-state index in [0.29, 0.717) is 17.9 Å². The molecule has 3 nitrogen and oxygen atoms in total. The van der Waals surface area contributed by atoms with Gasteiger partial charge in [-0.05, 0) is 49.0 Å². The van der Waals surface area contributed by atoms with Gasteiger partial charge in [-0.1, -0.05) is 40.5 Å². The number of rotatable bonds is 12. The van der Waals surface area contributed by atoms with Gasteiger partial charge in [0.05, 0.1) is 12.5 Å². The van der Waals surface area contributed by atoms with Crippen molar-refractivity contribution in [3.63, 3.8) is 0 Å². The van der Waals surface area contributed by atoms with Crippen LogP contribution in [0.15, 0.2) is 0 Å². The zero-order valence-corrected chi connectivity index (χ0v) is 16.9. The molecule has 2 rings (SSSR count). The summed E-state index contributed by atoms with van der Waals surface area (Å²) in [6.45, 7) is 10.1. The Morgan fingerprint density at radius 1 is 0.958 bits per heavy atom. The van der Waals surface area contributed by atoms with Crippen molar-refractivity contribution in [2.45, 2.75) is 91.3 Å². The van der Waals surface area contributed by atoms with Crippen LogP contribution >= 0.6 is 11.8 Å². The molecule has 2 saturated heterocycles. The number of ether oxygens (including phenoxy) is 2. The number of esters is 1. The first-order valence-corrected chi connectivity index (χ1v) is 10.9. The minimum Gasteiger partial charge on any atom is -0.461 e. The van der Waals surface area contributed by atoms with Crippen LogP contribution in [-0.2, 0) is 14.3 Å². The molecule has 0 aromatic heterocycles. The molecule has 0 aromatic rings. The minimum atomic E-state index is -0.0318. The van der Waals surface area contributed by atoms with Gasteiger partial charge in [0.1, 0.15) is 6.10 Å². The maximum Gasteiger partial charge on any atom is 0.309 e. The molecule has 0 N–H and O–H groups in total.